The highest BCUT2D eigenvalue weighted by atomic mass is 32.1. The van der Waals surface area contributed by atoms with Crippen molar-refractivity contribution in [3.63, 3.8) is 0 Å². The third-order valence-corrected chi connectivity index (χ3v) is 4.88. The van der Waals surface area contributed by atoms with Crippen molar-refractivity contribution < 1.29 is 0 Å². The number of fused-ring (bicyclic) bond motifs is 1. The lowest BCUT2D eigenvalue weighted by Gasteiger charge is -2.39. The molecule has 21 heavy (non-hydrogen) atoms. The predicted molar refractivity (Wildman–Crippen MR) is 90.6 cm³/mol. The van der Waals surface area contributed by atoms with Crippen LogP contribution in [0.1, 0.15) is 18.7 Å². The topological polar surface area (TPSA) is 44.3 Å². The van der Waals surface area contributed by atoms with Crippen molar-refractivity contribution in [3.05, 3.63) is 10.9 Å². The van der Waals surface area contributed by atoms with E-state index in [1.165, 1.54) is 10.3 Å². The van der Waals surface area contributed by atoms with Crippen molar-refractivity contribution in [1.82, 2.24) is 14.9 Å². The Bertz CT molecular complexity index is 638. The molecule has 0 aliphatic carbocycles. The van der Waals surface area contributed by atoms with Gasteiger partial charge in [-0.15, -0.1) is 11.3 Å². The van der Waals surface area contributed by atoms with Gasteiger partial charge < -0.3 is 15.1 Å². The molecule has 0 saturated carbocycles. The normalized spacial score (nSPS) is 20.2. The average molecular weight is 305 g/mol. The molecule has 1 atom stereocenters. The molecule has 114 valence electrons. The summed E-state index contributed by atoms with van der Waals surface area (Å²) in [6.45, 7) is 10.5. The molecule has 2 aromatic rings. The Balaban J connectivity index is 2.06. The first kappa shape index (κ1) is 14.5. The van der Waals surface area contributed by atoms with Gasteiger partial charge in [-0.25, -0.2) is 4.98 Å². The number of hydrogen-bond acceptors (Lipinski definition) is 6. The molecule has 1 fully saturated rings. The van der Waals surface area contributed by atoms with Gasteiger partial charge in [0.05, 0.1) is 5.39 Å². The highest BCUT2D eigenvalue weighted by Gasteiger charge is 2.25. The number of rotatable bonds is 3. The first-order chi connectivity index (χ1) is 10.1. The van der Waals surface area contributed by atoms with Crippen LogP contribution in [0, 0.1) is 6.92 Å². The summed E-state index contributed by atoms with van der Waals surface area (Å²) in [4.78, 5) is 16.6. The van der Waals surface area contributed by atoms with E-state index in [0.29, 0.717) is 6.04 Å². The monoisotopic (exact) mass is 305 g/mol. The van der Waals surface area contributed by atoms with Crippen molar-refractivity contribution in [3.8, 4) is 0 Å². The molecule has 0 radical (unpaired) electrons. The van der Waals surface area contributed by atoms with E-state index < -0.39 is 0 Å². The van der Waals surface area contributed by atoms with Gasteiger partial charge in [0, 0.05) is 37.1 Å². The first-order valence-electron chi connectivity index (χ1n) is 7.55. The summed E-state index contributed by atoms with van der Waals surface area (Å²) < 4.78 is 0. The fraction of sp³-hybridized carbons (Fsp3) is 0.600. The molecule has 1 aliphatic heterocycles. The van der Waals surface area contributed by atoms with Gasteiger partial charge in [0.15, 0.2) is 0 Å². The van der Waals surface area contributed by atoms with Gasteiger partial charge in [-0.05, 0) is 33.9 Å². The molecule has 2 aromatic heterocycles. The lowest BCUT2D eigenvalue weighted by Crippen LogP contribution is -2.50. The Labute approximate surface area is 130 Å². The summed E-state index contributed by atoms with van der Waals surface area (Å²) >= 11 is 1.74. The van der Waals surface area contributed by atoms with Crippen molar-refractivity contribution in [2.24, 2.45) is 0 Å². The first-order valence-corrected chi connectivity index (χ1v) is 8.37. The molecule has 0 spiro atoms. The number of likely N-dealkylation sites (N-methyl/N-ethyl adjacent to an activating group) is 1. The minimum atomic E-state index is 0.469. The van der Waals surface area contributed by atoms with Gasteiger partial charge >= 0.3 is 0 Å². The van der Waals surface area contributed by atoms with Crippen LogP contribution in [0.4, 0.5) is 11.8 Å². The maximum Gasteiger partial charge on any atom is 0.226 e. The van der Waals surface area contributed by atoms with Crippen molar-refractivity contribution >= 4 is 33.3 Å². The number of piperazine rings is 1. The zero-order valence-corrected chi connectivity index (χ0v) is 14.0. The smallest absolute Gasteiger partial charge is 0.226 e. The maximum atomic E-state index is 4.79. The van der Waals surface area contributed by atoms with Gasteiger partial charge in [-0.3, -0.25) is 0 Å². The summed E-state index contributed by atoms with van der Waals surface area (Å²) in [5.41, 5.74) is 0. The molecular formula is C15H23N5S. The van der Waals surface area contributed by atoms with Crippen LogP contribution in [-0.4, -0.2) is 54.1 Å². The van der Waals surface area contributed by atoms with Crippen LogP contribution in [0.3, 0.4) is 0 Å². The largest absolute Gasteiger partial charge is 0.354 e. The zero-order valence-electron chi connectivity index (χ0n) is 13.2. The number of nitrogens with one attached hydrogen (secondary N) is 1. The molecule has 0 aromatic carbocycles. The van der Waals surface area contributed by atoms with E-state index in [2.05, 4.69) is 54.0 Å². The zero-order chi connectivity index (χ0) is 15.0. The minimum Gasteiger partial charge on any atom is -0.354 e. The third-order valence-electron chi connectivity index (χ3n) is 3.93. The average Bonchev–Trinajstić information content (AvgIpc) is 2.79. The van der Waals surface area contributed by atoms with Crippen LogP contribution in [0.2, 0.25) is 0 Å². The number of hydrogen-bond donors (Lipinski definition) is 1. The Kier molecular flexibility index (Phi) is 3.99. The molecular weight excluding hydrogens is 282 g/mol. The van der Waals surface area contributed by atoms with Crippen LogP contribution in [-0.2, 0) is 0 Å². The minimum absolute atomic E-state index is 0.469. The molecule has 1 aliphatic rings. The Morgan fingerprint density at radius 3 is 2.90 bits per heavy atom. The molecule has 1 unspecified atom stereocenters. The summed E-state index contributed by atoms with van der Waals surface area (Å²) in [5, 5.41) is 4.45. The van der Waals surface area contributed by atoms with Crippen molar-refractivity contribution in [1.29, 1.82) is 0 Å². The SMILES string of the molecule is CCNc1nc(N2CCN(C)CC2C)c2cc(C)sc2n1. The van der Waals surface area contributed by atoms with E-state index in [0.717, 1.165) is 42.8 Å². The van der Waals surface area contributed by atoms with Crippen LogP contribution in [0.5, 0.6) is 0 Å². The molecule has 5 nitrogen and oxygen atoms in total. The number of aromatic nitrogens is 2. The molecule has 1 saturated heterocycles. The molecule has 0 bridgehead atoms. The molecule has 0 amide bonds. The molecule has 1 N–H and O–H groups in total. The fourth-order valence-electron chi connectivity index (χ4n) is 2.94. The van der Waals surface area contributed by atoms with E-state index in [1.807, 2.05) is 0 Å². The fourth-order valence-corrected chi connectivity index (χ4v) is 3.81. The van der Waals surface area contributed by atoms with Crippen LogP contribution in [0.15, 0.2) is 6.07 Å². The molecule has 3 rings (SSSR count). The molecule has 3 heterocycles. The lowest BCUT2D eigenvalue weighted by molar-refractivity contribution is 0.275. The van der Waals surface area contributed by atoms with E-state index in [9.17, 15) is 0 Å². The second-order valence-corrected chi connectivity index (χ2v) is 7.02. The van der Waals surface area contributed by atoms with Gasteiger partial charge in [-0.1, -0.05) is 0 Å². The maximum absolute atomic E-state index is 4.79. The number of thiophene rings is 1. The van der Waals surface area contributed by atoms with E-state index in [1.54, 1.807) is 11.3 Å². The van der Waals surface area contributed by atoms with Gasteiger partial charge in [0.1, 0.15) is 10.6 Å². The Morgan fingerprint density at radius 1 is 1.38 bits per heavy atom. The van der Waals surface area contributed by atoms with Crippen LogP contribution in [0.25, 0.3) is 10.2 Å². The second kappa shape index (κ2) is 5.77. The van der Waals surface area contributed by atoms with Gasteiger partial charge in [-0.2, -0.15) is 4.98 Å². The number of nitrogens with zero attached hydrogens (tertiary/aromatic N) is 4. The van der Waals surface area contributed by atoms with E-state index in [4.69, 9.17) is 4.98 Å². The summed E-state index contributed by atoms with van der Waals surface area (Å²) in [7, 11) is 2.18. The predicted octanol–water partition coefficient (Wildman–Crippen LogP) is 2.57. The van der Waals surface area contributed by atoms with E-state index >= 15 is 0 Å². The lowest BCUT2D eigenvalue weighted by atomic mass is 10.2. The number of anilines is 2. The summed E-state index contributed by atoms with van der Waals surface area (Å²) in [5.74, 6) is 1.83. The van der Waals surface area contributed by atoms with Crippen LogP contribution >= 0.6 is 11.3 Å². The highest BCUT2D eigenvalue weighted by molar-refractivity contribution is 7.18. The summed E-state index contributed by atoms with van der Waals surface area (Å²) in [6, 6.07) is 2.69. The van der Waals surface area contributed by atoms with Crippen molar-refractivity contribution in [2.75, 3.05) is 43.4 Å². The standard InChI is InChI=1S/C15H23N5S/c1-5-16-15-17-13(12-8-11(3)21-14(12)18-15)20-7-6-19(4)9-10(20)2/h8,10H,5-7,9H2,1-4H3,(H,16,17,18). The number of aryl methyl sites for hydroxylation is 1. The van der Waals surface area contributed by atoms with Crippen LogP contribution < -0.4 is 10.2 Å². The highest BCUT2D eigenvalue weighted by Crippen LogP contribution is 2.33. The quantitative estimate of drug-likeness (QED) is 0.944. The third kappa shape index (κ3) is 2.82. The Morgan fingerprint density at radius 2 is 2.19 bits per heavy atom. The molecule has 6 heteroatoms. The van der Waals surface area contributed by atoms with E-state index in [-0.39, 0.29) is 0 Å². The second-order valence-electron chi connectivity index (χ2n) is 5.78. The van der Waals surface area contributed by atoms with Gasteiger partial charge in [0.25, 0.3) is 0 Å². The van der Waals surface area contributed by atoms with Crippen molar-refractivity contribution in [2.45, 2.75) is 26.8 Å². The summed E-state index contributed by atoms with van der Waals surface area (Å²) in [6.07, 6.45) is 0. The van der Waals surface area contributed by atoms with Gasteiger partial charge in [0.2, 0.25) is 5.95 Å². The Hall–Kier alpha value is -1.40.